The number of rotatable bonds is 6. The maximum absolute atomic E-state index is 13.6. The van der Waals surface area contributed by atoms with Crippen molar-refractivity contribution in [3.05, 3.63) is 48.0 Å². The van der Waals surface area contributed by atoms with Crippen molar-refractivity contribution in [3.63, 3.8) is 0 Å². The first kappa shape index (κ1) is 24.9. The number of anilines is 3. The molecular weight excluding hydrogens is 470 g/mol. The number of benzene rings is 2. The van der Waals surface area contributed by atoms with Gasteiger partial charge in [-0.05, 0) is 74.6 Å². The van der Waals surface area contributed by atoms with E-state index in [1.54, 1.807) is 12.0 Å². The highest BCUT2D eigenvalue weighted by molar-refractivity contribution is 6.02. The standard InChI is InChI=1S/C28H35N5O4/c1-37-23-10-7-21(8-11-23)30-28(36)33-17-15-31(16-18-33)25-12-9-22(29-26(34)20-5-6-20)19-24(25)27(35)32-13-3-2-4-14-32/h7-12,19-20H,2-6,13-18H2,1H3,(H,29,34)(H,30,36). The molecule has 0 unspecified atom stereocenters. The van der Waals surface area contributed by atoms with E-state index in [9.17, 15) is 14.4 Å². The van der Waals surface area contributed by atoms with Crippen molar-refractivity contribution in [2.75, 3.05) is 61.9 Å². The van der Waals surface area contributed by atoms with Crippen molar-refractivity contribution in [2.45, 2.75) is 32.1 Å². The number of carbonyl (C=O) groups is 3. The zero-order valence-corrected chi connectivity index (χ0v) is 21.4. The Bertz CT molecular complexity index is 1130. The second kappa shape index (κ2) is 11.1. The van der Waals surface area contributed by atoms with Crippen LogP contribution in [0.4, 0.5) is 21.9 Å². The number of hydrogen-bond donors (Lipinski definition) is 2. The van der Waals surface area contributed by atoms with Crippen molar-refractivity contribution >= 4 is 34.9 Å². The number of piperazine rings is 1. The lowest BCUT2D eigenvalue weighted by Gasteiger charge is -2.37. The average molecular weight is 506 g/mol. The molecule has 9 heteroatoms. The molecule has 0 aromatic heterocycles. The lowest BCUT2D eigenvalue weighted by Crippen LogP contribution is -2.50. The summed E-state index contributed by atoms with van der Waals surface area (Å²) in [5.41, 5.74) is 2.85. The van der Waals surface area contributed by atoms with Crippen molar-refractivity contribution in [2.24, 2.45) is 5.92 Å². The Labute approximate surface area is 217 Å². The number of nitrogens with one attached hydrogen (secondary N) is 2. The summed E-state index contributed by atoms with van der Waals surface area (Å²) in [5, 5.41) is 5.93. The number of urea groups is 1. The highest BCUT2D eigenvalue weighted by atomic mass is 16.5. The number of piperidine rings is 1. The van der Waals surface area contributed by atoms with E-state index in [2.05, 4.69) is 15.5 Å². The SMILES string of the molecule is COc1ccc(NC(=O)N2CCN(c3ccc(NC(=O)C4CC4)cc3C(=O)N3CCCCC3)CC2)cc1. The third-order valence-electron chi connectivity index (χ3n) is 7.33. The second-order valence-electron chi connectivity index (χ2n) is 9.98. The van der Waals surface area contributed by atoms with Gasteiger partial charge in [0, 0.05) is 62.2 Å². The number of likely N-dealkylation sites (tertiary alicyclic amines) is 1. The molecule has 4 amide bonds. The predicted molar refractivity (Wildman–Crippen MR) is 143 cm³/mol. The van der Waals surface area contributed by atoms with Crippen LogP contribution in [0.5, 0.6) is 5.75 Å². The van der Waals surface area contributed by atoms with Gasteiger partial charge >= 0.3 is 6.03 Å². The fourth-order valence-corrected chi connectivity index (χ4v) is 4.95. The van der Waals surface area contributed by atoms with Crippen LogP contribution in [0.1, 0.15) is 42.5 Å². The summed E-state index contributed by atoms with van der Waals surface area (Å²) >= 11 is 0. The maximum Gasteiger partial charge on any atom is 0.321 e. The summed E-state index contributed by atoms with van der Waals surface area (Å²) < 4.78 is 5.17. The molecule has 5 rings (SSSR count). The molecule has 3 fully saturated rings. The lowest BCUT2D eigenvalue weighted by atomic mass is 10.1. The topological polar surface area (TPSA) is 94.2 Å². The van der Waals surface area contributed by atoms with Gasteiger partial charge in [-0.3, -0.25) is 9.59 Å². The van der Waals surface area contributed by atoms with E-state index in [4.69, 9.17) is 4.74 Å². The summed E-state index contributed by atoms with van der Waals surface area (Å²) in [7, 11) is 1.61. The van der Waals surface area contributed by atoms with Crippen LogP contribution < -0.4 is 20.3 Å². The Morgan fingerprint density at radius 3 is 2.11 bits per heavy atom. The highest BCUT2D eigenvalue weighted by Crippen LogP contribution is 2.32. The van der Waals surface area contributed by atoms with Crippen molar-refractivity contribution in [1.82, 2.24) is 9.80 Å². The summed E-state index contributed by atoms with van der Waals surface area (Å²) in [6.07, 6.45) is 5.04. The van der Waals surface area contributed by atoms with Gasteiger partial charge in [-0.2, -0.15) is 0 Å². The van der Waals surface area contributed by atoms with E-state index in [-0.39, 0.29) is 23.8 Å². The van der Waals surface area contributed by atoms with Gasteiger partial charge < -0.3 is 30.1 Å². The fraction of sp³-hybridized carbons (Fsp3) is 0.464. The summed E-state index contributed by atoms with van der Waals surface area (Å²) in [6, 6.07) is 12.8. The van der Waals surface area contributed by atoms with Gasteiger partial charge in [-0.25, -0.2) is 4.79 Å². The summed E-state index contributed by atoms with van der Waals surface area (Å²) in [4.78, 5) is 44.6. The first-order valence-corrected chi connectivity index (χ1v) is 13.2. The Morgan fingerprint density at radius 2 is 1.46 bits per heavy atom. The van der Waals surface area contributed by atoms with E-state index in [0.29, 0.717) is 43.1 Å². The van der Waals surface area contributed by atoms with Gasteiger partial charge in [0.1, 0.15) is 5.75 Å². The Hall–Kier alpha value is -3.75. The van der Waals surface area contributed by atoms with Gasteiger partial charge in [-0.15, -0.1) is 0 Å². The van der Waals surface area contributed by atoms with Gasteiger partial charge in [0.15, 0.2) is 0 Å². The Morgan fingerprint density at radius 1 is 0.784 bits per heavy atom. The zero-order valence-electron chi connectivity index (χ0n) is 21.4. The molecule has 9 nitrogen and oxygen atoms in total. The highest BCUT2D eigenvalue weighted by Gasteiger charge is 2.31. The largest absolute Gasteiger partial charge is 0.497 e. The van der Waals surface area contributed by atoms with Crippen molar-refractivity contribution in [1.29, 1.82) is 0 Å². The van der Waals surface area contributed by atoms with Crippen LogP contribution in [0.2, 0.25) is 0 Å². The van der Waals surface area contributed by atoms with Crippen molar-refractivity contribution < 1.29 is 19.1 Å². The smallest absolute Gasteiger partial charge is 0.321 e. The molecule has 2 heterocycles. The summed E-state index contributed by atoms with van der Waals surface area (Å²) in [5.74, 6) is 0.871. The normalized spacial score (nSPS) is 17.8. The molecule has 1 saturated carbocycles. The van der Waals surface area contributed by atoms with E-state index in [1.165, 1.54) is 0 Å². The number of methoxy groups -OCH3 is 1. The molecule has 3 aliphatic rings. The van der Waals surface area contributed by atoms with Gasteiger partial charge in [0.2, 0.25) is 5.91 Å². The maximum atomic E-state index is 13.6. The van der Waals surface area contributed by atoms with Crippen LogP contribution >= 0.6 is 0 Å². The molecule has 2 aliphatic heterocycles. The monoisotopic (exact) mass is 505 g/mol. The molecule has 2 aromatic rings. The minimum Gasteiger partial charge on any atom is -0.497 e. The van der Waals surface area contributed by atoms with Crippen LogP contribution in [0, 0.1) is 5.92 Å². The first-order valence-electron chi connectivity index (χ1n) is 13.2. The van der Waals surface area contributed by atoms with Crippen LogP contribution in [0.25, 0.3) is 0 Å². The molecule has 2 N–H and O–H groups in total. The van der Waals surface area contributed by atoms with E-state index in [0.717, 1.165) is 56.6 Å². The van der Waals surface area contributed by atoms with Crippen LogP contribution in [0.3, 0.4) is 0 Å². The van der Waals surface area contributed by atoms with E-state index >= 15 is 0 Å². The second-order valence-corrected chi connectivity index (χ2v) is 9.98. The molecule has 0 spiro atoms. The molecule has 0 atom stereocenters. The lowest BCUT2D eigenvalue weighted by molar-refractivity contribution is -0.117. The van der Waals surface area contributed by atoms with Gasteiger partial charge in [-0.1, -0.05) is 0 Å². The number of carbonyl (C=O) groups excluding carboxylic acids is 3. The Balaban J connectivity index is 1.27. The fourth-order valence-electron chi connectivity index (χ4n) is 4.95. The third-order valence-corrected chi connectivity index (χ3v) is 7.33. The Kier molecular flexibility index (Phi) is 7.48. The van der Waals surface area contributed by atoms with Crippen LogP contribution in [0.15, 0.2) is 42.5 Å². The number of amides is 4. The summed E-state index contributed by atoms with van der Waals surface area (Å²) in [6.45, 7) is 3.83. The number of ether oxygens (including phenoxy) is 1. The molecule has 2 aromatic carbocycles. The van der Waals surface area contributed by atoms with Crippen LogP contribution in [-0.2, 0) is 4.79 Å². The van der Waals surface area contributed by atoms with Gasteiger partial charge in [0.05, 0.1) is 12.7 Å². The van der Waals surface area contributed by atoms with E-state index < -0.39 is 0 Å². The molecular formula is C28H35N5O4. The number of nitrogens with zero attached hydrogens (tertiary/aromatic N) is 3. The first-order chi connectivity index (χ1) is 18.0. The van der Waals surface area contributed by atoms with Crippen molar-refractivity contribution in [3.8, 4) is 5.75 Å². The van der Waals surface area contributed by atoms with Gasteiger partial charge in [0.25, 0.3) is 5.91 Å². The molecule has 37 heavy (non-hydrogen) atoms. The molecule has 2 saturated heterocycles. The average Bonchev–Trinajstić information content (AvgIpc) is 3.80. The third kappa shape index (κ3) is 5.98. The minimum atomic E-state index is -0.146. The zero-order chi connectivity index (χ0) is 25.8. The number of hydrogen-bond acceptors (Lipinski definition) is 5. The molecule has 1 aliphatic carbocycles. The van der Waals surface area contributed by atoms with E-state index in [1.807, 2.05) is 47.4 Å². The predicted octanol–water partition coefficient (Wildman–Crippen LogP) is 4.02. The molecule has 196 valence electrons. The quantitative estimate of drug-likeness (QED) is 0.618. The molecule has 0 radical (unpaired) electrons. The van der Waals surface area contributed by atoms with Crippen LogP contribution in [-0.4, -0.2) is 74.0 Å². The minimum absolute atomic E-state index is 0.0110. The molecule has 0 bridgehead atoms.